The first-order valence-electron chi connectivity index (χ1n) is 5.93. The van der Waals surface area contributed by atoms with Crippen LogP contribution in [0.3, 0.4) is 0 Å². The minimum absolute atomic E-state index is 0.120. The molecule has 2 nitrogen and oxygen atoms in total. The van der Waals surface area contributed by atoms with Gasteiger partial charge in [0.25, 0.3) is 0 Å². The van der Waals surface area contributed by atoms with Crippen LogP contribution in [0.4, 0.5) is 4.39 Å². The van der Waals surface area contributed by atoms with Crippen molar-refractivity contribution in [2.45, 2.75) is 11.3 Å². The third kappa shape index (κ3) is 6.66. The molecule has 1 aromatic rings. The van der Waals surface area contributed by atoms with Gasteiger partial charge >= 0.3 is 0 Å². The number of halogens is 1. The first kappa shape index (κ1) is 14.5. The third-order valence-electron chi connectivity index (χ3n) is 2.33. The van der Waals surface area contributed by atoms with Crippen molar-refractivity contribution in [1.82, 2.24) is 10.2 Å². The van der Waals surface area contributed by atoms with Gasteiger partial charge in [-0.05, 0) is 45.7 Å². The molecule has 0 saturated heterocycles. The van der Waals surface area contributed by atoms with Crippen LogP contribution in [0.5, 0.6) is 0 Å². The molecule has 1 aromatic carbocycles. The van der Waals surface area contributed by atoms with Gasteiger partial charge in [0, 0.05) is 17.2 Å². The van der Waals surface area contributed by atoms with Gasteiger partial charge in [-0.3, -0.25) is 0 Å². The molecule has 0 fully saturated rings. The van der Waals surface area contributed by atoms with Crippen molar-refractivity contribution in [3.05, 3.63) is 30.1 Å². The molecule has 0 aliphatic heterocycles. The van der Waals surface area contributed by atoms with Crippen LogP contribution in [0.1, 0.15) is 6.42 Å². The summed E-state index contributed by atoms with van der Waals surface area (Å²) >= 11 is 1.56. The highest BCUT2D eigenvalue weighted by Gasteiger charge is 2.00. The molecule has 17 heavy (non-hydrogen) atoms. The Bertz CT molecular complexity index is 318. The largest absolute Gasteiger partial charge is 0.316 e. The second-order valence-electron chi connectivity index (χ2n) is 4.19. The summed E-state index contributed by atoms with van der Waals surface area (Å²) in [5.41, 5.74) is 0. The number of hydrogen-bond donors (Lipinski definition) is 1. The fraction of sp³-hybridized carbons (Fsp3) is 0.538. The molecule has 0 aliphatic carbocycles. The van der Waals surface area contributed by atoms with Crippen molar-refractivity contribution in [1.29, 1.82) is 0 Å². The van der Waals surface area contributed by atoms with Crippen LogP contribution < -0.4 is 5.32 Å². The van der Waals surface area contributed by atoms with E-state index in [0.717, 1.165) is 36.7 Å². The Morgan fingerprint density at radius 1 is 1.24 bits per heavy atom. The van der Waals surface area contributed by atoms with Gasteiger partial charge in [0.1, 0.15) is 5.82 Å². The zero-order valence-corrected chi connectivity index (χ0v) is 11.4. The number of hydrogen-bond acceptors (Lipinski definition) is 3. The van der Waals surface area contributed by atoms with E-state index >= 15 is 0 Å². The van der Waals surface area contributed by atoms with Crippen LogP contribution in [0.25, 0.3) is 0 Å². The predicted octanol–water partition coefficient (Wildman–Crippen LogP) is 2.46. The molecule has 4 heteroatoms. The predicted molar refractivity (Wildman–Crippen MR) is 73.2 cm³/mol. The summed E-state index contributed by atoms with van der Waals surface area (Å²) in [6.07, 6.45) is 1.15. The SMILES string of the molecule is CN(C)CCCNCCSc1ccccc1F. The molecule has 0 spiro atoms. The minimum Gasteiger partial charge on any atom is -0.316 e. The standard InChI is InChI=1S/C13H21FN2S/c1-16(2)10-5-8-15-9-11-17-13-7-4-3-6-12(13)14/h3-4,6-7,15H,5,8-11H2,1-2H3. The monoisotopic (exact) mass is 256 g/mol. The van der Waals surface area contributed by atoms with E-state index in [4.69, 9.17) is 0 Å². The number of thioether (sulfide) groups is 1. The molecule has 1 rings (SSSR count). The second kappa shape index (κ2) is 8.50. The lowest BCUT2D eigenvalue weighted by Gasteiger charge is -2.09. The number of benzene rings is 1. The van der Waals surface area contributed by atoms with Gasteiger partial charge in [0.2, 0.25) is 0 Å². The molecule has 0 radical (unpaired) electrons. The minimum atomic E-state index is -0.120. The maximum absolute atomic E-state index is 13.3. The van der Waals surface area contributed by atoms with Crippen molar-refractivity contribution >= 4 is 11.8 Å². The summed E-state index contributed by atoms with van der Waals surface area (Å²) in [4.78, 5) is 2.91. The molecule has 0 saturated carbocycles. The molecule has 0 unspecified atom stereocenters. The number of rotatable bonds is 8. The van der Waals surface area contributed by atoms with E-state index in [0.29, 0.717) is 0 Å². The Labute approximate surface area is 108 Å². The Kier molecular flexibility index (Phi) is 7.24. The van der Waals surface area contributed by atoms with Gasteiger partial charge in [-0.2, -0.15) is 0 Å². The van der Waals surface area contributed by atoms with Crippen LogP contribution in [0, 0.1) is 5.82 Å². The molecule has 0 aromatic heterocycles. The highest BCUT2D eigenvalue weighted by molar-refractivity contribution is 7.99. The fourth-order valence-corrected chi connectivity index (χ4v) is 2.29. The van der Waals surface area contributed by atoms with Crippen LogP contribution in [-0.2, 0) is 0 Å². The Balaban J connectivity index is 2.03. The lowest BCUT2D eigenvalue weighted by molar-refractivity contribution is 0.396. The van der Waals surface area contributed by atoms with E-state index in [2.05, 4.69) is 24.3 Å². The van der Waals surface area contributed by atoms with E-state index in [1.807, 2.05) is 12.1 Å². The summed E-state index contributed by atoms with van der Waals surface area (Å²) in [5.74, 6) is 0.785. The first-order chi connectivity index (χ1) is 8.20. The molecule has 0 atom stereocenters. The lowest BCUT2D eigenvalue weighted by atomic mass is 10.3. The van der Waals surface area contributed by atoms with Gasteiger partial charge in [-0.1, -0.05) is 12.1 Å². The van der Waals surface area contributed by atoms with E-state index in [1.165, 1.54) is 6.07 Å². The maximum atomic E-state index is 13.3. The Morgan fingerprint density at radius 3 is 2.71 bits per heavy atom. The van der Waals surface area contributed by atoms with Crippen molar-refractivity contribution in [3.63, 3.8) is 0 Å². The average Bonchev–Trinajstić information content (AvgIpc) is 2.30. The topological polar surface area (TPSA) is 15.3 Å². The number of nitrogens with zero attached hydrogens (tertiary/aromatic N) is 1. The molecule has 0 heterocycles. The smallest absolute Gasteiger partial charge is 0.136 e. The van der Waals surface area contributed by atoms with Gasteiger partial charge in [-0.25, -0.2) is 4.39 Å². The zero-order valence-electron chi connectivity index (χ0n) is 10.6. The van der Waals surface area contributed by atoms with Crippen molar-refractivity contribution in [2.75, 3.05) is 39.5 Å². The number of nitrogens with one attached hydrogen (secondary N) is 1. The molecule has 1 N–H and O–H groups in total. The highest BCUT2D eigenvalue weighted by Crippen LogP contribution is 2.20. The second-order valence-corrected chi connectivity index (χ2v) is 5.32. The van der Waals surface area contributed by atoms with E-state index in [9.17, 15) is 4.39 Å². The Morgan fingerprint density at radius 2 is 2.00 bits per heavy atom. The zero-order chi connectivity index (χ0) is 12.5. The molecular weight excluding hydrogens is 235 g/mol. The molecule has 0 aliphatic rings. The van der Waals surface area contributed by atoms with Crippen molar-refractivity contribution in [2.24, 2.45) is 0 Å². The molecule has 96 valence electrons. The van der Waals surface area contributed by atoms with Crippen LogP contribution in [0.2, 0.25) is 0 Å². The average molecular weight is 256 g/mol. The highest BCUT2D eigenvalue weighted by atomic mass is 32.2. The van der Waals surface area contributed by atoms with Gasteiger partial charge in [0.15, 0.2) is 0 Å². The van der Waals surface area contributed by atoms with E-state index in [1.54, 1.807) is 17.8 Å². The summed E-state index contributed by atoms with van der Waals surface area (Å²) < 4.78 is 13.3. The van der Waals surface area contributed by atoms with Gasteiger partial charge < -0.3 is 10.2 Å². The fourth-order valence-electron chi connectivity index (χ4n) is 1.44. The van der Waals surface area contributed by atoms with Crippen LogP contribution in [-0.4, -0.2) is 44.4 Å². The van der Waals surface area contributed by atoms with Gasteiger partial charge in [0.05, 0.1) is 0 Å². The summed E-state index contributed by atoms with van der Waals surface area (Å²) in [7, 11) is 4.15. The maximum Gasteiger partial charge on any atom is 0.136 e. The van der Waals surface area contributed by atoms with Crippen LogP contribution >= 0.6 is 11.8 Å². The Hall–Kier alpha value is -0.580. The molecule has 0 bridgehead atoms. The van der Waals surface area contributed by atoms with Crippen molar-refractivity contribution < 1.29 is 4.39 Å². The van der Waals surface area contributed by atoms with E-state index in [-0.39, 0.29) is 5.82 Å². The van der Waals surface area contributed by atoms with Gasteiger partial charge in [-0.15, -0.1) is 11.8 Å². The normalized spacial score (nSPS) is 11.1. The summed E-state index contributed by atoms with van der Waals surface area (Å²) in [6, 6.07) is 6.92. The third-order valence-corrected chi connectivity index (χ3v) is 3.38. The summed E-state index contributed by atoms with van der Waals surface area (Å²) in [5, 5.41) is 3.36. The van der Waals surface area contributed by atoms with E-state index < -0.39 is 0 Å². The summed E-state index contributed by atoms with van der Waals surface area (Å²) in [6.45, 7) is 3.05. The van der Waals surface area contributed by atoms with Crippen LogP contribution in [0.15, 0.2) is 29.2 Å². The quantitative estimate of drug-likeness (QED) is 0.568. The molecular formula is C13H21FN2S. The lowest BCUT2D eigenvalue weighted by Crippen LogP contribution is -2.23. The first-order valence-corrected chi connectivity index (χ1v) is 6.91. The van der Waals surface area contributed by atoms with Crippen molar-refractivity contribution in [3.8, 4) is 0 Å². The molecule has 0 amide bonds.